The fourth-order valence-corrected chi connectivity index (χ4v) is 4.71. The lowest BCUT2D eigenvalue weighted by atomic mass is 9.94. The lowest BCUT2D eigenvalue weighted by Crippen LogP contribution is -2.56. The minimum atomic E-state index is -1.24. The summed E-state index contributed by atoms with van der Waals surface area (Å²) >= 11 is 0. The van der Waals surface area contributed by atoms with Crippen LogP contribution in [0.3, 0.4) is 0 Å². The third-order valence-corrected chi connectivity index (χ3v) is 6.75. The van der Waals surface area contributed by atoms with Crippen LogP contribution in [-0.4, -0.2) is 58.6 Å². The summed E-state index contributed by atoms with van der Waals surface area (Å²) in [5, 5.41) is 11.7. The predicted molar refractivity (Wildman–Crippen MR) is 150 cm³/mol. The molecule has 4 rings (SSSR count). The largest absolute Gasteiger partial charge is 0.361 e. The van der Waals surface area contributed by atoms with Crippen LogP contribution in [0.2, 0.25) is 0 Å². The van der Waals surface area contributed by atoms with Crippen LogP contribution < -0.4 is 21.3 Å². The molecule has 1 aromatic heterocycles. The van der Waals surface area contributed by atoms with Crippen LogP contribution in [0, 0.1) is 5.92 Å². The van der Waals surface area contributed by atoms with Gasteiger partial charge in [-0.25, -0.2) is 0 Å². The van der Waals surface area contributed by atoms with E-state index in [2.05, 4.69) is 26.3 Å². The Bertz CT molecular complexity index is 1410. The molecule has 1 fully saturated rings. The summed E-state index contributed by atoms with van der Waals surface area (Å²) in [6.07, 6.45) is 2.40. The second kappa shape index (κ2) is 12.1. The molecule has 3 aromatic rings. The van der Waals surface area contributed by atoms with Crippen LogP contribution >= 0.6 is 0 Å². The van der Waals surface area contributed by atoms with E-state index in [1.807, 2.05) is 36.4 Å². The van der Waals surface area contributed by atoms with Gasteiger partial charge in [0.25, 0.3) is 11.8 Å². The van der Waals surface area contributed by atoms with Crippen molar-refractivity contribution in [2.24, 2.45) is 5.92 Å². The van der Waals surface area contributed by atoms with Crippen molar-refractivity contribution in [3.05, 3.63) is 71.9 Å². The van der Waals surface area contributed by atoms with Gasteiger partial charge in [0.1, 0.15) is 6.04 Å². The van der Waals surface area contributed by atoms with Crippen LogP contribution in [0.25, 0.3) is 10.9 Å². The summed E-state index contributed by atoms with van der Waals surface area (Å²) in [5.41, 5.74) is 1.38. The van der Waals surface area contributed by atoms with Gasteiger partial charge in [0.05, 0.1) is 6.04 Å². The maximum atomic E-state index is 13.6. The Kier molecular flexibility index (Phi) is 8.67. The first kappa shape index (κ1) is 28.5. The summed E-state index contributed by atoms with van der Waals surface area (Å²) in [5.74, 6) is -3.52. The second-order valence-corrected chi connectivity index (χ2v) is 11.1. The summed E-state index contributed by atoms with van der Waals surface area (Å²) in [6, 6.07) is 13.9. The number of hydrogen-bond donors (Lipinski definition) is 5. The molecule has 0 aliphatic carbocycles. The Morgan fingerprint density at radius 3 is 2.40 bits per heavy atom. The van der Waals surface area contributed by atoms with E-state index in [-0.39, 0.29) is 18.7 Å². The van der Waals surface area contributed by atoms with Gasteiger partial charge >= 0.3 is 0 Å². The monoisotopic (exact) mass is 545 g/mol. The van der Waals surface area contributed by atoms with Gasteiger partial charge in [-0.05, 0) is 63.4 Å². The van der Waals surface area contributed by atoms with Gasteiger partial charge < -0.3 is 26.3 Å². The number of Topliss-reactive ketones (excluding diaryl/α,β-unsaturated/α-hetero) is 1. The van der Waals surface area contributed by atoms with Crippen molar-refractivity contribution >= 4 is 40.3 Å². The molecule has 4 amide bonds. The molecular weight excluding hydrogens is 510 g/mol. The number of aromatic nitrogens is 1. The molecule has 40 heavy (non-hydrogen) atoms. The smallest absolute Gasteiger partial charge is 0.290 e. The molecule has 2 heterocycles. The molecule has 0 spiro atoms. The van der Waals surface area contributed by atoms with Gasteiger partial charge in [0.2, 0.25) is 17.6 Å². The Hall–Kier alpha value is -4.47. The predicted octanol–water partition coefficient (Wildman–Crippen LogP) is 2.00. The van der Waals surface area contributed by atoms with E-state index in [9.17, 15) is 24.0 Å². The summed E-state index contributed by atoms with van der Waals surface area (Å²) in [4.78, 5) is 68.2. The van der Waals surface area contributed by atoms with Crippen molar-refractivity contribution in [2.75, 3.05) is 6.54 Å². The molecule has 2 aromatic carbocycles. The van der Waals surface area contributed by atoms with Crippen LogP contribution in [-0.2, 0) is 25.6 Å². The van der Waals surface area contributed by atoms with Crippen molar-refractivity contribution in [1.29, 1.82) is 0 Å². The SMILES string of the molecule is CC(C)(C)NC(=O)C(=O)C(C[C@@H]1CCNC1=O)NC(=O)[C@H](Cc1ccccc1)NC(=O)c1ccc2[nH]ccc2c1. The second-order valence-electron chi connectivity index (χ2n) is 11.1. The normalized spacial score (nSPS) is 16.6. The third-order valence-electron chi connectivity index (χ3n) is 6.75. The Morgan fingerprint density at radius 2 is 1.73 bits per heavy atom. The van der Waals surface area contributed by atoms with Crippen molar-refractivity contribution in [3.63, 3.8) is 0 Å². The zero-order chi connectivity index (χ0) is 28.9. The maximum absolute atomic E-state index is 13.6. The first-order chi connectivity index (χ1) is 19.0. The highest BCUT2D eigenvalue weighted by molar-refractivity contribution is 6.38. The molecule has 210 valence electrons. The van der Waals surface area contributed by atoms with Gasteiger partial charge in [-0.3, -0.25) is 24.0 Å². The number of fused-ring (bicyclic) bond motifs is 1. The lowest BCUT2D eigenvalue weighted by molar-refractivity contribution is -0.141. The van der Waals surface area contributed by atoms with Crippen molar-refractivity contribution < 1.29 is 24.0 Å². The molecule has 1 aliphatic heterocycles. The number of rotatable bonds is 10. The van der Waals surface area contributed by atoms with E-state index in [4.69, 9.17) is 0 Å². The molecule has 10 heteroatoms. The molecular formula is C30H35N5O5. The van der Waals surface area contributed by atoms with E-state index in [1.54, 1.807) is 45.2 Å². The van der Waals surface area contributed by atoms with Gasteiger partial charge in [-0.15, -0.1) is 0 Å². The first-order valence-corrected chi connectivity index (χ1v) is 13.4. The number of amides is 4. The molecule has 1 saturated heterocycles. The molecule has 0 bridgehead atoms. The molecule has 5 N–H and O–H groups in total. The summed E-state index contributed by atoms with van der Waals surface area (Å²) in [7, 11) is 0. The molecule has 3 atom stereocenters. The van der Waals surface area contributed by atoms with E-state index in [1.165, 1.54) is 0 Å². The lowest BCUT2D eigenvalue weighted by Gasteiger charge is -2.26. The van der Waals surface area contributed by atoms with Crippen LogP contribution in [0.5, 0.6) is 0 Å². The summed E-state index contributed by atoms with van der Waals surface area (Å²) in [6.45, 7) is 5.69. The number of benzene rings is 2. The molecule has 1 unspecified atom stereocenters. The number of carbonyl (C=O) groups is 5. The van der Waals surface area contributed by atoms with Crippen molar-refractivity contribution in [2.45, 2.75) is 57.7 Å². The highest BCUT2D eigenvalue weighted by Crippen LogP contribution is 2.18. The number of aromatic amines is 1. The molecule has 0 saturated carbocycles. The maximum Gasteiger partial charge on any atom is 0.290 e. The Labute approximate surface area is 232 Å². The number of H-pyrrole nitrogens is 1. The minimum absolute atomic E-state index is 0.0237. The Balaban J connectivity index is 1.57. The molecule has 10 nitrogen and oxygen atoms in total. The number of nitrogens with one attached hydrogen (secondary N) is 5. The van der Waals surface area contributed by atoms with E-state index >= 15 is 0 Å². The standard InChI is InChI=1S/C30H35N5O5/c1-30(2,3)35-29(40)25(36)23(17-21-12-14-32-26(21)37)33-28(39)24(15-18-7-5-4-6-8-18)34-27(38)20-9-10-22-19(16-20)11-13-31-22/h4-11,13,16,21,23-24,31H,12,14-15,17H2,1-3H3,(H,32,37)(H,33,39)(H,34,38)(H,35,40)/t21-,23?,24-/m0/s1. The third kappa shape index (κ3) is 7.34. The van der Waals surface area contributed by atoms with E-state index in [0.29, 0.717) is 18.5 Å². The molecule has 0 radical (unpaired) electrons. The average molecular weight is 546 g/mol. The zero-order valence-electron chi connectivity index (χ0n) is 22.9. The Morgan fingerprint density at radius 1 is 0.975 bits per heavy atom. The van der Waals surface area contributed by atoms with Gasteiger partial charge in [-0.1, -0.05) is 30.3 Å². The minimum Gasteiger partial charge on any atom is -0.361 e. The first-order valence-electron chi connectivity index (χ1n) is 13.4. The van der Waals surface area contributed by atoms with E-state index < -0.39 is 47.0 Å². The van der Waals surface area contributed by atoms with Crippen LogP contribution in [0.1, 0.15) is 49.5 Å². The average Bonchev–Trinajstić information content (AvgIpc) is 3.55. The highest BCUT2D eigenvalue weighted by atomic mass is 16.2. The van der Waals surface area contributed by atoms with Crippen molar-refractivity contribution in [3.8, 4) is 0 Å². The highest BCUT2D eigenvalue weighted by Gasteiger charge is 2.36. The summed E-state index contributed by atoms with van der Waals surface area (Å²) < 4.78 is 0. The fraction of sp³-hybridized carbons (Fsp3) is 0.367. The zero-order valence-corrected chi connectivity index (χ0v) is 22.9. The van der Waals surface area contributed by atoms with Crippen LogP contribution in [0.4, 0.5) is 0 Å². The van der Waals surface area contributed by atoms with Crippen molar-refractivity contribution in [1.82, 2.24) is 26.3 Å². The topological polar surface area (TPSA) is 149 Å². The van der Waals surface area contributed by atoms with Gasteiger partial charge in [0.15, 0.2) is 0 Å². The number of hydrogen-bond acceptors (Lipinski definition) is 5. The fourth-order valence-electron chi connectivity index (χ4n) is 4.71. The van der Waals surface area contributed by atoms with Gasteiger partial charge in [0, 0.05) is 47.1 Å². The number of ketones is 1. The van der Waals surface area contributed by atoms with E-state index in [0.717, 1.165) is 16.5 Å². The quantitative estimate of drug-likeness (QED) is 0.247. The molecule has 1 aliphatic rings. The number of carbonyl (C=O) groups excluding carboxylic acids is 5. The van der Waals surface area contributed by atoms with Gasteiger partial charge in [-0.2, -0.15) is 0 Å². The van der Waals surface area contributed by atoms with Crippen LogP contribution in [0.15, 0.2) is 60.8 Å².